The van der Waals surface area contributed by atoms with Crippen LogP contribution in [0.1, 0.15) is 19.4 Å². The summed E-state index contributed by atoms with van der Waals surface area (Å²) < 4.78 is 5.42. The van der Waals surface area contributed by atoms with Gasteiger partial charge in [-0.25, -0.2) is 0 Å². The van der Waals surface area contributed by atoms with Crippen LogP contribution in [0, 0.1) is 0 Å². The molecule has 1 atom stereocenters. The number of nitrogens with one attached hydrogen (secondary N) is 1. The van der Waals surface area contributed by atoms with E-state index >= 15 is 0 Å². The molecule has 0 aliphatic heterocycles. The summed E-state index contributed by atoms with van der Waals surface area (Å²) in [6, 6.07) is 5.56. The first-order valence-corrected chi connectivity index (χ1v) is 6.11. The Morgan fingerprint density at radius 2 is 2.00 bits per heavy atom. The first-order valence-electron chi connectivity index (χ1n) is 5.36. The lowest BCUT2D eigenvalue weighted by atomic mass is 9.93. The minimum absolute atomic E-state index is 0.00950. The van der Waals surface area contributed by atoms with Crippen molar-refractivity contribution < 1.29 is 4.74 Å². The molecule has 0 fully saturated rings. The van der Waals surface area contributed by atoms with Gasteiger partial charge in [0.05, 0.1) is 21.7 Å². The van der Waals surface area contributed by atoms with Crippen molar-refractivity contribution in [1.29, 1.82) is 0 Å². The molecule has 1 rings (SSSR count). The summed E-state index contributed by atoms with van der Waals surface area (Å²) in [6.07, 6.45) is 0.716. The molecule has 0 amide bonds. The van der Waals surface area contributed by atoms with Gasteiger partial charge in [0.15, 0.2) is 0 Å². The van der Waals surface area contributed by atoms with Gasteiger partial charge in [0.1, 0.15) is 0 Å². The summed E-state index contributed by atoms with van der Waals surface area (Å²) in [7, 11) is 1.67. The Hall–Kier alpha value is -0.320. The second-order valence-corrected chi connectivity index (χ2v) is 5.29. The van der Waals surface area contributed by atoms with Crippen LogP contribution in [0.4, 0.5) is 0 Å². The van der Waals surface area contributed by atoms with E-state index in [0.29, 0.717) is 16.5 Å². The molecule has 0 bridgehead atoms. The fourth-order valence-electron chi connectivity index (χ4n) is 1.55. The summed E-state index contributed by atoms with van der Waals surface area (Å²) >= 11 is 11.8. The zero-order valence-corrected chi connectivity index (χ0v) is 11.8. The highest BCUT2D eigenvalue weighted by Crippen LogP contribution is 2.25. The van der Waals surface area contributed by atoms with Crippen LogP contribution in [0.15, 0.2) is 18.2 Å². The molecular formula is C12H18Cl2N2O. The molecule has 17 heavy (non-hydrogen) atoms. The minimum Gasteiger partial charge on any atom is -0.377 e. The fourth-order valence-corrected chi connectivity index (χ4v) is 1.87. The van der Waals surface area contributed by atoms with Crippen LogP contribution in [0.25, 0.3) is 0 Å². The highest BCUT2D eigenvalue weighted by atomic mass is 35.5. The molecule has 1 unspecified atom stereocenters. The molecule has 1 aromatic rings. The van der Waals surface area contributed by atoms with E-state index in [1.165, 1.54) is 0 Å². The summed E-state index contributed by atoms with van der Waals surface area (Å²) in [6.45, 7) is 3.96. The highest BCUT2D eigenvalue weighted by molar-refractivity contribution is 6.42. The van der Waals surface area contributed by atoms with Gasteiger partial charge in [-0.1, -0.05) is 29.3 Å². The van der Waals surface area contributed by atoms with Crippen molar-refractivity contribution in [3.05, 3.63) is 33.8 Å². The Balaban J connectivity index is 2.84. The SMILES string of the molecule is COC(C)(C)C(Cc1ccc(Cl)c(Cl)c1)NN. The number of hydrogen-bond donors (Lipinski definition) is 2. The molecule has 5 heteroatoms. The summed E-state index contributed by atoms with van der Waals surface area (Å²) in [4.78, 5) is 0. The number of halogens is 2. The number of nitrogens with two attached hydrogens (primary N) is 1. The van der Waals surface area contributed by atoms with Crippen LogP contribution in [-0.2, 0) is 11.2 Å². The maximum Gasteiger partial charge on any atom is 0.0791 e. The van der Waals surface area contributed by atoms with Gasteiger partial charge in [-0.2, -0.15) is 0 Å². The number of rotatable bonds is 5. The maximum atomic E-state index is 5.97. The van der Waals surface area contributed by atoms with Crippen LogP contribution in [-0.4, -0.2) is 18.8 Å². The van der Waals surface area contributed by atoms with E-state index in [1.54, 1.807) is 13.2 Å². The van der Waals surface area contributed by atoms with Crippen molar-refractivity contribution >= 4 is 23.2 Å². The van der Waals surface area contributed by atoms with Crippen molar-refractivity contribution in [2.75, 3.05) is 7.11 Å². The lowest BCUT2D eigenvalue weighted by Gasteiger charge is -2.32. The first-order chi connectivity index (χ1) is 7.90. The Morgan fingerprint density at radius 1 is 1.35 bits per heavy atom. The third-order valence-electron chi connectivity index (χ3n) is 2.99. The van der Waals surface area contributed by atoms with Gasteiger partial charge in [0, 0.05) is 7.11 Å². The van der Waals surface area contributed by atoms with Gasteiger partial charge in [-0.15, -0.1) is 0 Å². The third-order valence-corrected chi connectivity index (χ3v) is 3.73. The number of hydrazine groups is 1. The molecule has 0 aromatic heterocycles. The maximum absolute atomic E-state index is 5.97. The lowest BCUT2D eigenvalue weighted by Crippen LogP contribution is -2.52. The van der Waals surface area contributed by atoms with E-state index in [0.717, 1.165) is 5.56 Å². The van der Waals surface area contributed by atoms with Gasteiger partial charge in [-0.05, 0) is 38.0 Å². The molecule has 3 nitrogen and oxygen atoms in total. The Kier molecular flexibility index (Phi) is 5.22. The van der Waals surface area contributed by atoms with Gasteiger partial charge in [-0.3, -0.25) is 11.3 Å². The van der Waals surface area contributed by atoms with Gasteiger partial charge < -0.3 is 4.74 Å². The first kappa shape index (κ1) is 14.7. The quantitative estimate of drug-likeness (QED) is 0.642. The monoisotopic (exact) mass is 276 g/mol. The highest BCUT2D eigenvalue weighted by Gasteiger charge is 2.28. The molecule has 0 saturated carbocycles. The Morgan fingerprint density at radius 3 is 2.47 bits per heavy atom. The fraction of sp³-hybridized carbons (Fsp3) is 0.500. The third kappa shape index (κ3) is 3.83. The standard InChI is InChI=1S/C12H18Cl2N2O/c1-12(2,17-3)11(16-15)7-8-4-5-9(13)10(14)6-8/h4-6,11,16H,7,15H2,1-3H3. The van der Waals surface area contributed by atoms with Crippen molar-refractivity contribution in [3.63, 3.8) is 0 Å². The van der Waals surface area contributed by atoms with Gasteiger partial charge in [0.25, 0.3) is 0 Å². The molecule has 0 aliphatic rings. The zero-order valence-electron chi connectivity index (χ0n) is 10.3. The normalized spacial score (nSPS) is 13.8. The van der Waals surface area contributed by atoms with Crippen molar-refractivity contribution in [1.82, 2.24) is 5.43 Å². The molecule has 0 radical (unpaired) electrons. The van der Waals surface area contributed by atoms with E-state index < -0.39 is 0 Å². The predicted octanol–water partition coefficient (Wildman–Crippen LogP) is 2.79. The largest absolute Gasteiger partial charge is 0.377 e. The molecule has 0 heterocycles. The number of methoxy groups -OCH3 is 1. The van der Waals surface area contributed by atoms with Gasteiger partial charge >= 0.3 is 0 Å². The zero-order chi connectivity index (χ0) is 13.1. The summed E-state index contributed by atoms with van der Waals surface area (Å²) in [5.41, 5.74) is 3.48. The summed E-state index contributed by atoms with van der Waals surface area (Å²) in [5.74, 6) is 5.56. The van der Waals surface area contributed by atoms with E-state index in [-0.39, 0.29) is 11.6 Å². The molecular weight excluding hydrogens is 259 g/mol. The minimum atomic E-state index is -0.360. The number of hydrogen-bond acceptors (Lipinski definition) is 3. The average Bonchev–Trinajstić information content (AvgIpc) is 2.30. The summed E-state index contributed by atoms with van der Waals surface area (Å²) in [5, 5.41) is 1.11. The van der Waals surface area contributed by atoms with Crippen LogP contribution in [0.2, 0.25) is 10.0 Å². The average molecular weight is 277 g/mol. The second kappa shape index (κ2) is 6.03. The topological polar surface area (TPSA) is 47.3 Å². The van der Waals surface area contributed by atoms with Crippen molar-refractivity contribution in [2.45, 2.75) is 31.9 Å². The number of ether oxygens (including phenoxy) is 1. The van der Waals surface area contributed by atoms with Crippen molar-refractivity contribution in [2.24, 2.45) is 5.84 Å². The van der Waals surface area contributed by atoms with Crippen LogP contribution < -0.4 is 11.3 Å². The Bertz CT molecular complexity index is 383. The lowest BCUT2D eigenvalue weighted by molar-refractivity contribution is -0.0101. The van der Waals surface area contributed by atoms with E-state index in [1.807, 2.05) is 26.0 Å². The van der Waals surface area contributed by atoms with E-state index in [4.69, 9.17) is 33.8 Å². The van der Waals surface area contributed by atoms with E-state index in [2.05, 4.69) is 5.43 Å². The van der Waals surface area contributed by atoms with Crippen LogP contribution in [0.5, 0.6) is 0 Å². The smallest absolute Gasteiger partial charge is 0.0791 e. The Labute approximate surface area is 112 Å². The second-order valence-electron chi connectivity index (χ2n) is 4.48. The van der Waals surface area contributed by atoms with Crippen LogP contribution >= 0.6 is 23.2 Å². The molecule has 0 saturated heterocycles. The van der Waals surface area contributed by atoms with Crippen LogP contribution in [0.3, 0.4) is 0 Å². The van der Waals surface area contributed by atoms with Gasteiger partial charge in [0.2, 0.25) is 0 Å². The van der Waals surface area contributed by atoms with Crippen molar-refractivity contribution in [3.8, 4) is 0 Å². The predicted molar refractivity (Wildman–Crippen MR) is 72.4 cm³/mol. The molecule has 0 aliphatic carbocycles. The molecule has 3 N–H and O–H groups in total. The molecule has 1 aromatic carbocycles. The molecule has 0 spiro atoms. The van der Waals surface area contributed by atoms with E-state index in [9.17, 15) is 0 Å². The molecule has 96 valence electrons. The number of benzene rings is 1.